The molecule has 2 aliphatic carbocycles. The van der Waals surface area contributed by atoms with Crippen molar-refractivity contribution in [2.24, 2.45) is 23.0 Å². The SMILES string of the molecule is CC1CCC(CN)(C(=O)C2CCOC3(CCC3)C2)CC1. The molecule has 114 valence electrons. The summed E-state index contributed by atoms with van der Waals surface area (Å²) in [5, 5.41) is 0. The quantitative estimate of drug-likeness (QED) is 0.864. The van der Waals surface area contributed by atoms with Gasteiger partial charge < -0.3 is 10.5 Å². The highest BCUT2D eigenvalue weighted by molar-refractivity contribution is 5.87. The van der Waals surface area contributed by atoms with Crippen LogP contribution in [-0.4, -0.2) is 24.5 Å². The van der Waals surface area contributed by atoms with E-state index < -0.39 is 0 Å². The minimum Gasteiger partial charge on any atom is -0.375 e. The third kappa shape index (κ3) is 2.43. The predicted octanol–water partition coefficient (Wildman–Crippen LogP) is 3.06. The smallest absolute Gasteiger partial charge is 0.143 e. The normalized spacial score (nSPS) is 40.3. The van der Waals surface area contributed by atoms with Crippen LogP contribution in [0.2, 0.25) is 0 Å². The zero-order chi connectivity index (χ0) is 14.2. The Bertz CT molecular complexity index is 367. The molecule has 1 atom stereocenters. The van der Waals surface area contributed by atoms with E-state index in [0.29, 0.717) is 12.3 Å². The van der Waals surface area contributed by atoms with Crippen molar-refractivity contribution in [3.8, 4) is 0 Å². The molecule has 0 bridgehead atoms. The fraction of sp³-hybridized carbons (Fsp3) is 0.941. The van der Waals surface area contributed by atoms with E-state index in [-0.39, 0.29) is 16.9 Å². The number of carbonyl (C=O) groups is 1. The molecule has 1 aliphatic heterocycles. The van der Waals surface area contributed by atoms with Crippen LogP contribution in [0.15, 0.2) is 0 Å². The molecule has 2 N–H and O–H groups in total. The molecule has 3 aliphatic rings. The van der Waals surface area contributed by atoms with Gasteiger partial charge in [-0.3, -0.25) is 4.79 Å². The lowest BCUT2D eigenvalue weighted by atomic mass is 9.62. The minimum atomic E-state index is -0.209. The van der Waals surface area contributed by atoms with Gasteiger partial charge in [0, 0.05) is 24.5 Å². The first-order valence-corrected chi connectivity index (χ1v) is 8.48. The Balaban J connectivity index is 1.70. The van der Waals surface area contributed by atoms with Gasteiger partial charge in [0.1, 0.15) is 5.78 Å². The van der Waals surface area contributed by atoms with Gasteiger partial charge in [-0.05, 0) is 63.7 Å². The molecule has 3 rings (SSSR count). The number of hydrogen-bond donors (Lipinski definition) is 1. The summed E-state index contributed by atoms with van der Waals surface area (Å²) in [7, 11) is 0. The number of ketones is 1. The highest BCUT2D eigenvalue weighted by Crippen LogP contribution is 2.48. The van der Waals surface area contributed by atoms with Crippen LogP contribution in [0, 0.1) is 17.3 Å². The standard InChI is InChI=1S/C17H29NO2/c1-13-3-8-16(12-18,9-4-13)15(19)14-5-10-20-17(11-14)6-2-7-17/h13-14H,2-12,18H2,1H3. The lowest BCUT2D eigenvalue weighted by molar-refractivity contribution is -0.162. The van der Waals surface area contributed by atoms with Crippen molar-refractivity contribution in [3.05, 3.63) is 0 Å². The highest BCUT2D eigenvalue weighted by Gasteiger charge is 2.49. The zero-order valence-electron chi connectivity index (χ0n) is 12.8. The third-order valence-electron chi connectivity index (χ3n) is 6.27. The first-order valence-electron chi connectivity index (χ1n) is 8.48. The number of Topliss-reactive ketones (excluding diaryl/α,β-unsaturated/α-hetero) is 1. The molecule has 0 aromatic rings. The van der Waals surface area contributed by atoms with Crippen LogP contribution in [-0.2, 0) is 9.53 Å². The lowest BCUT2D eigenvalue weighted by Gasteiger charge is -2.49. The van der Waals surface area contributed by atoms with Gasteiger partial charge in [0.15, 0.2) is 0 Å². The third-order valence-corrected chi connectivity index (χ3v) is 6.27. The van der Waals surface area contributed by atoms with Crippen LogP contribution in [0.3, 0.4) is 0 Å². The van der Waals surface area contributed by atoms with Crippen LogP contribution >= 0.6 is 0 Å². The maximum atomic E-state index is 13.1. The van der Waals surface area contributed by atoms with Crippen molar-refractivity contribution in [1.29, 1.82) is 0 Å². The summed E-state index contributed by atoms with van der Waals surface area (Å²) >= 11 is 0. The molecule has 3 fully saturated rings. The van der Waals surface area contributed by atoms with Crippen LogP contribution in [0.5, 0.6) is 0 Å². The molecule has 0 aromatic heterocycles. The molecular formula is C17H29NO2. The maximum absolute atomic E-state index is 13.1. The van der Waals surface area contributed by atoms with Crippen molar-refractivity contribution < 1.29 is 9.53 Å². The van der Waals surface area contributed by atoms with E-state index >= 15 is 0 Å². The van der Waals surface area contributed by atoms with Crippen LogP contribution in [0.25, 0.3) is 0 Å². The van der Waals surface area contributed by atoms with Gasteiger partial charge in [0.05, 0.1) is 5.60 Å². The Morgan fingerprint density at radius 3 is 2.45 bits per heavy atom. The maximum Gasteiger partial charge on any atom is 0.143 e. The van der Waals surface area contributed by atoms with Gasteiger partial charge in [-0.2, -0.15) is 0 Å². The Morgan fingerprint density at radius 2 is 1.90 bits per heavy atom. The molecule has 0 aromatic carbocycles. The van der Waals surface area contributed by atoms with E-state index in [9.17, 15) is 4.79 Å². The summed E-state index contributed by atoms with van der Waals surface area (Å²) in [5.74, 6) is 1.44. The number of nitrogens with two attached hydrogens (primary N) is 1. The zero-order valence-corrected chi connectivity index (χ0v) is 12.8. The Kier molecular flexibility index (Phi) is 3.93. The van der Waals surface area contributed by atoms with E-state index in [1.165, 1.54) is 6.42 Å². The molecule has 20 heavy (non-hydrogen) atoms. The lowest BCUT2D eigenvalue weighted by Crippen LogP contribution is -2.51. The van der Waals surface area contributed by atoms with Gasteiger partial charge in [-0.1, -0.05) is 6.92 Å². The molecule has 1 saturated heterocycles. The Hall–Kier alpha value is -0.410. The van der Waals surface area contributed by atoms with E-state index in [4.69, 9.17) is 10.5 Å². The second-order valence-electron chi connectivity index (χ2n) is 7.61. The van der Waals surface area contributed by atoms with E-state index in [0.717, 1.165) is 63.9 Å². The van der Waals surface area contributed by atoms with E-state index in [1.54, 1.807) is 0 Å². The summed E-state index contributed by atoms with van der Waals surface area (Å²) < 4.78 is 5.97. The minimum absolute atomic E-state index is 0.0658. The van der Waals surface area contributed by atoms with Crippen molar-refractivity contribution >= 4 is 5.78 Å². The molecule has 2 saturated carbocycles. The van der Waals surface area contributed by atoms with Crippen LogP contribution < -0.4 is 5.73 Å². The summed E-state index contributed by atoms with van der Waals surface area (Å²) in [4.78, 5) is 13.1. The van der Waals surface area contributed by atoms with Crippen molar-refractivity contribution in [3.63, 3.8) is 0 Å². The summed E-state index contributed by atoms with van der Waals surface area (Å²) in [6.07, 6.45) is 9.80. The average Bonchev–Trinajstić information content (AvgIpc) is 2.46. The van der Waals surface area contributed by atoms with Crippen LogP contribution in [0.1, 0.15) is 64.7 Å². The topological polar surface area (TPSA) is 52.3 Å². The van der Waals surface area contributed by atoms with Crippen molar-refractivity contribution in [1.82, 2.24) is 0 Å². The van der Waals surface area contributed by atoms with Gasteiger partial charge in [0.25, 0.3) is 0 Å². The van der Waals surface area contributed by atoms with Gasteiger partial charge in [0.2, 0.25) is 0 Å². The second kappa shape index (κ2) is 5.42. The Morgan fingerprint density at radius 1 is 1.20 bits per heavy atom. The number of rotatable bonds is 3. The van der Waals surface area contributed by atoms with Crippen LogP contribution in [0.4, 0.5) is 0 Å². The van der Waals surface area contributed by atoms with E-state index in [2.05, 4.69) is 6.92 Å². The van der Waals surface area contributed by atoms with Gasteiger partial charge in [-0.25, -0.2) is 0 Å². The molecule has 0 radical (unpaired) electrons. The highest BCUT2D eigenvalue weighted by atomic mass is 16.5. The summed E-state index contributed by atoms with van der Waals surface area (Å²) in [6, 6.07) is 0. The largest absolute Gasteiger partial charge is 0.375 e. The second-order valence-corrected chi connectivity index (χ2v) is 7.61. The molecular weight excluding hydrogens is 250 g/mol. The molecule has 3 heteroatoms. The summed E-state index contributed by atoms with van der Waals surface area (Å²) in [5.41, 5.74) is 5.91. The van der Waals surface area contributed by atoms with Gasteiger partial charge >= 0.3 is 0 Å². The molecule has 1 spiro atoms. The Labute approximate surface area is 122 Å². The first-order chi connectivity index (χ1) is 9.59. The van der Waals surface area contributed by atoms with Crippen molar-refractivity contribution in [2.45, 2.75) is 70.3 Å². The fourth-order valence-corrected chi connectivity index (χ4v) is 4.47. The summed E-state index contributed by atoms with van der Waals surface area (Å²) in [6.45, 7) is 3.61. The van der Waals surface area contributed by atoms with Crippen molar-refractivity contribution in [2.75, 3.05) is 13.2 Å². The molecule has 1 unspecified atom stereocenters. The predicted molar refractivity (Wildman–Crippen MR) is 79.4 cm³/mol. The fourth-order valence-electron chi connectivity index (χ4n) is 4.47. The average molecular weight is 279 g/mol. The number of carbonyl (C=O) groups excluding carboxylic acids is 1. The number of ether oxygens (including phenoxy) is 1. The molecule has 0 amide bonds. The monoisotopic (exact) mass is 279 g/mol. The van der Waals surface area contributed by atoms with E-state index in [1.807, 2.05) is 0 Å². The molecule has 1 heterocycles. The first kappa shape index (κ1) is 14.5. The van der Waals surface area contributed by atoms with Gasteiger partial charge in [-0.15, -0.1) is 0 Å². The number of hydrogen-bond acceptors (Lipinski definition) is 3. The molecule has 3 nitrogen and oxygen atoms in total.